The molecule has 47 nitrogen and oxygen atoms in total. The highest BCUT2D eigenvalue weighted by molar-refractivity contribution is 8.00. The molecule has 2 fully saturated rings. The Hall–Kier alpha value is -16.1. The van der Waals surface area contributed by atoms with Crippen molar-refractivity contribution in [3.63, 3.8) is 0 Å². The normalized spacial score (nSPS) is 13.0. The van der Waals surface area contributed by atoms with Crippen LogP contribution in [0.4, 0.5) is 75.6 Å². The van der Waals surface area contributed by atoms with E-state index in [0.717, 1.165) is 85.0 Å². The summed E-state index contributed by atoms with van der Waals surface area (Å²) >= 11 is 27.3. The summed E-state index contributed by atoms with van der Waals surface area (Å²) in [6.45, 7) is 7.06. The van der Waals surface area contributed by atoms with Gasteiger partial charge in [0.15, 0.2) is 106 Å². The summed E-state index contributed by atoms with van der Waals surface area (Å²) in [5.41, 5.74) is 43.2. The van der Waals surface area contributed by atoms with Crippen molar-refractivity contribution in [1.82, 2.24) is 96.6 Å². The minimum atomic E-state index is -0.313. The number of nitrogens with two attached hydrogens (primary N) is 6. The standard InChI is InChI=1S/C21H27N7O3S.C16H14FN5O2S.C14H10Cl2N4O2S.C14H10ClN5O4S.C13H12N6O2S.C13H11N5O2S2/c1-27-7-9-28(10-8-27)6-3-11-30-16-5-2-4-15(12-16)13-18(29)24-21-23-17(14-32-21)19-20(22)26-31-25-19;17-10-5-3-9(4-6-10)11-2-1-7-22(15(11)23)16-19-12(8-25-16)13-14(18)21-24-20-13;15-9-2-1-7(10(16)5-9)3-11(21)18-12-4-8(6-23-12)13-14(17)20-22-19-13;15-7-3-10-9(22-5-23-10)1-6(7)2-11(21)18-14-17-8(4-25-14)12-13(16)20-24-19-12;14-12-11(18-21-19-12)9-7-22-13(16-9)17-10(20)6-15-8-4-2-1-3-5-8;14-12-11(17-20-18-12)9-6-22-13(15-9)16-10(19)7-21-8-4-2-1-3-5-8/h2,4-5,12,14H,3,6-11,13H2,1H3,(H2,22,26)(H,23,24,29);3-6,8,11H,1-2,7H2,(H2,18,21);1-2,4-6H,3H2,(H2,17,20)(H,18,21);1,3-4H,2,5H2,(H2,16,20)(H,17,18,21);1-5,7,15H,6H2,(H2,14,19)(H,16,17,20);1-6H,7H2,(H2,14,18)(H,15,16,19). The largest absolute Gasteiger partial charge is 0.494 e. The fraction of sp³-hybridized carbons (Fsp3) is 0.198. The Morgan fingerprint density at radius 1 is 0.470 bits per heavy atom. The Balaban J connectivity index is 0.000000128. The third-order valence-corrected chi connectivity index (χ3v) is 27.9. The van der Waals surface area contributed by atoms with Crippen molar-refractivity contribution in [2.45, 2.75) is 49.3 Å². The van der Waals surface area contributed by atoms with Gasteiger partial charge in [0.1, 0.15) is 40.0 Å². The molecule has 6 aromatic carbocycles. The predicted molar refractivity (Wildman–Crippen MR) is 563 cm³/mol. The first-order valence-corrected chi connectivity index (χ1v) is 51.7. The van der Waals surface area contributed by atoms with Gasteiger partial charge in [0, 0.05) is 109 Å². The lowest BCUT2D eigenvalue weighted by atomic mass is 9.90. The van der Waals surface area contributed by atoms with Gasteiger partial charge in [-0.05, 0) is 183 Å². The van der Waals surface area contributed by atoms with Crippen molar-refractivity contribution in [2.75, 3.05) is 143 Å². The van der Waals surface area contributed by atoms with E-state index in [2.05, 4.69) is 163 Å². The highest BCUT2D eigenvalue weighted by atomic mass is 35.5. The Kier molecular flexibility index (Phi) is 36.4. The Morgan fingerprint density at radius 3 is 1.49 bits per heavy atom. The number of hydrogen-bond acceptors (Lipinski definition) is 48. The lowest BCUT2D eigenvalue weighted by molar-refractivity contribution is -0.121. The van der Waals surface area contributed by atoms with Crippen LogP contribution in [0.2, 0.25) is 15.1 Å². The number of aromatic nitrogens is 17. The smallest absolute Gasteiger partial charge is 0.245 e. The number of benzene rings is 6. The molecular formula is C91H84Cl3FN32O15S7. The number of likely N-dealkylation sites (N-methyl/N-ethyl adjacent to an activating group) is 1. The van der Waals surface area contributed by atoms with E-state index in [1.807, 2.05) is 84.9 Å². The Morgan fingerprint density at radius 2 is 0.953 bits per heavy atom. The van der Waals surface area contributed by atoms with E-state index in [1.54, 1.807) is 85.7 Å². The van der Waals surface area contributed by atoms with Gasteiger partial charge in [0.05, 0.1) is 49.1 Å². The molecule has 58 heteroatoms. The minimum absolute atomic E-state index is 0.0370. The molecule has 1 atom stereocenters. The number of carbonyl (C=O) groups is 6. The highest BCUT2D eigenvalue weighted by Gasteiger charge is 2.34. The van der Waals surface area contributed by atoms with E-state index in [4.69, 9.17) is 83.4 Å². The van der Waals surface area contributed by atoms with Gasteiger partial charge >= 0.3 is 0 Å². The van der Waals surface area contributed by atoms with E-state index in [1.165, 1.54) is 91.9 Å². The first-order valence-electron chi connectivity index (χ1n) is 44.3. The van der Waals surface area contributed by atoms with Crippen LogP contribution in [-0.4, -0.2) is 204 Å². The molecule has 0 radical (unpaired) electrons. The van der Waals surface area contributed by atoms with E-state index in [0.29, 0.717) is 150 Å². The Bertz CT molecular complexity index is 7430. The third kappa shape index (κ3) is 29.7. The van der Waals surface area contributed by atoms with Gasteiger partial charge in [0.2, 0.25) is 42.2 Å². The van der Waals surface area contributed by atoms with Crippen LogP contribution in [0, 0.1) is 5.82 Å². The quantitative estimate of drug-likeness (QED) is 0.0147. The highest BCUT2D eigenvalue weighted by Crippen LogP contribution is 2.41. The van der Waals surface area contributed by atoms with E-state index in [-0.39, 0.29) is 115 Å². The number of para-hydroxylation sites is 1. The number of ether oxygens (including phenoxy) is 3. The Labute approximate surface area is 885 Å². The molecule has 0 bridgehead atoms. The van der Waals surface area contributed by atoms with Gasteiger partial charge in [-0.15, -0.1) is 79.8 Å². The van der Waals surface area contributed by atoms with Gasteiger partial charge in [-0.2, -0.15) is 0 Å². The average Bonchev–Trinajstić information content (AvgIpc) is 1.67. The number of piperidine rings is 1. The molecule has 0 spiro atoms. The van der Waals surface area contributed by atoms with Gasteiger partial charge in [-0.1, -0.05) is 102 Å². The molecule has 2 saturated heterocycles. The fourth-order valence-corrected chi connectivity index (χ4v) is 19.8. The van der Waals surface area contributed by atoms with Crippen molar-refractivity contribution < 1.29 is 75.1 Å². The van der Waals surface area contributed by atoms with Crippen LogP contribution in [0.15, 0.2) is 211 Å². The molecule has 0 aliphatic carbocycles. The number of fused-ring (bicyclic) bond motifs is 1. The van der Waals surface area contributed by atoms with Crippen LogP contribution in [0.25, 0.3) is 68.2 Å². The molecule has 18 aromatic rings. The lowest BCUT2D eigenvalue weighted by Gasteiger charge is -2.32. The molecule has 18 N–H and O–H groups in total. The fourth-order valence-electron chi connectivity index (χ4n) is 13.9. The predicted octanol–water partition coefficient (Wildman–Crippen LogP) is 15.3. The number of halogens is 4. The number of nitrogen functional groups attached to an aromatic ring is 6. The molecule has 15 heterocycles. The van der Waals surface area contributed by atoms with E-state index >= 15 is 0 Å². The summed E-state index contributed by atoms with van der Waals surface area (Å²) in [7, 11) is 2.16. The zero-order valence-electron chi connectivity index (χ0n) is 77.6. The van der Waals surface area contributed by atoms with Crippen LogP contribution in [0.3, 0.4) is 0 Å². The van der Waals surface area contributed by atoms with Crippen molar-refractivity contribution in [2.24, 2.45) is 0 Å². The number of anilines is 13. The summed E-state index contributed by atoms with van der Waals surface area (Å²) in [6, 6.07) is 43.0. The summed E-state index contributed by atoms with van der Waals surface area (Å²) in [5.74, 6) is 1.63. The molecule has 12 aromatic heterocycles. The van der Waals surface area contributed by atoms with Gasteiger partial charge < -0.3 is 90.3 Å². The van der Waals surface area contributed by atoms with E-state index in [9.17, 15) is 33.2 Å². The van der Waals surface area contributed by atoms with Crippen molar-refractivity contribution in [3.8, 4) is 85.4 Å². The number of carbonyl (C=O) groups excluding carboxylic acids is 6. The molecule has 0 saturated carbocycles. The van der Waals surface area contributed by atoms with Gasteiger partial charge in [-0.3, -0.25) is 33.7 Å². The number of nitrogens with zero attached hydrogens (tertiary/aromatic N) is 20. The number of thiazole rings is 5. The third-order valence-electron chi connectivity index (χ3n) is 21.2. The monoisotopic (exact) mass is 2210 g/mol. The summed E-state index contributed by atoms with van der Waals surface area (Å²) < 4.78 is 56.9. The zero-order chi connectivity index (χ0) is 104. The van der Waals surface area contributed by atoms with Crippen LogP contribution >= 0.6 is 115 Å². The second-order valence-electron chi connectivity index (χ2n) is 31.7. The zero-order valence-corrected chi connectivity index (χ0v) is 85.6. The summed E-state index contributed by atoms with van der Waals surface area (Å²) in [5, 5.41) is 74.9. The van der Waals surface area contributed by atoms with Gasteiger partial charge in [-0.25, -0.2) is 57.1 Å². The van der Waals surface area contributed by atoms with Crippen LogP contribution in [0.5, 0.6) is 17.2 Å². The molecule has 3 aliphatic heterocycles. The number of rotatable bonds is 30. The van der Waals surface area contributed by atoms with Crippen LogP contribution in [0.1, 0.15) is 47.4 Å². The second kappa shape index (κ2) is 51.3. The second-order valence-corrected chi connectivity index (χ2v) is 39.2. The maximum atomic E-state index is 13.1. The maximum Gasteiger partial charge on any atom is 0.245 e. The van der Waals surface area contributed by atoms with Crippen LogP contribution < -0.4 is 85.4 Å². The number of nitrogens with one attached hydrogen (secondary N) is 6. The van der Waals surface area contributed by atoms with Crippen molar-refractivity contribution in [3.05, 3.63) is 221 Å². The average molecular weight is 2220 g/mol. The van der Waals surface area contributed by atoms with Gasteiger partial charge in [0.25, 0.3) is 0 Å². The number of thiophene rings is 1. The van der Waals surface area contributed by atoms with Crippen LogP contribution in [-0.2, 0) is 48.0 Å². The SMILES string of the molecule is CN1CCN(CCCOc2cccc(CC(=O)Nc3nc(-c4nonc4N)cs3)c2)CC1.Nc1nonc1-c1csc(N2CCCC(c3ccc(F)cc3)C2=O)n1.Nc1nonc1-c1csc(NC(=O)CNc2ccccc2)n1.Nc1nonc1-c1csc(NC(=O)CSc2ccccc2)n1.Nc1nonc1-c1csc(NC(=O)Cc2cc3c(cc2Cl)OCO3)n1.Nc1nonc1-c1csc(NC(=O)Cc2ccc(Cl)cc2Cl)c1. The van der Waals surface area contributed by atoms with E-state index < -0.39 is 0 Å². The molecule has 768 valence electrons. The van der Waals surface area contributed by atoms with Crippen molar-refractivity contribution >= 4 is 221 Å². The number of hydrogen-bond donors (Lipinski definition) is 12. The lowest BCUT2D eigenvalue weighted by Crippen LogP contribution is -2.44. The van der Waals surface area contributed by atoms with Crippen molar-refractivity contribution in [1.29, 1.82) is 0 Å². The molecule has 3 aliphatic rings. The first kappa shape index (κ1) is 106. The molecular weight excluding hydrogens is 2130 g/mol. The first-order chi connectivity index (χ1) is 72.3. The number of amides is 6. The minimum Gasteiger partial charge on any atom is -0.494 e. The molecule has 21 rings (SSSR count). The topological polar surface area (TPSA) is 666 Å². The molecule has 6 amide bonds. The molecule has 1 unspecified atom stereocenters. The molecule has 149 heavy (non-hydrogen) atoms. The number of thioether (sulfide) groups is 1. The number of piperazine rings is 1. The summed E-state index contributed by atoms with van der Waals surface area (Å²) in [4.78, 5) is 103. The maximum absolute atomic E-state index is 13.1. The summed E-state index contributed by atoms with van der Waals surface area (Å²) in [6.07, 6.45) is 3.00.